The predicted molar refractivity (Wildman–Crippen MR) is 83.9 cm³/mol. The predicted octanol–water partition coefficient (Wildman–Crippen LogP) is 3.33. The lowest BCUT2D eigenvalue weighted by Crippen LogP contribution is -2.48. The maximum Gasteiger partial charge on any atom is 0.416 e. The van der Waals surface area contributed by atoms with E-state index in [1.807, 2.05) is 0 Å². The van der Waals surface area contributed by atoms with Crippen molar-refractivity contribution in [1.82, 2.24) is 5.06 Å². The SMILES string of the molecule is CC(C)(C)C(=O)ON1CCC(c2cccc(C(F)(F)F)c2)C(N)C1. The molecule has 1 aromatic rings. The zero-order valence-electron chi connectivity index (χ0n) is 14.1. The molecular formula is C17H23F3N2O2. The van der Waals surface area contributed by atoms with Gasteiger partial charge in [-0.2, -0.15) is 13.2 Å². The van der Waals surface area contributed by atoms with Gasteiger partial charge in [0.1, 0.15) is 0 Å². The largest absolute Gasteiger partial charge is 0.416 e. The first-order chi connectivity index (χ1) is 11.0. The smallest absolute Gasteiger partial charge is 0.367 e. The molecule has 1 saturated heterocycles. The summed E-state index contributed by atoms with van der Waals surface area (Å²) in [5.74, 6) is -0.552. The van der Waals surface area contributed by atoms with E-state index in [1.165, 1.54) is 11.1 Å². The minimum atomic E-state index is -4.37. The summed E-state index contributed by atoms with van der Waals surface area (Å²) in [6.07, 6.45) is -3.84. The standard InChI is InChI=1S/C17H23F3N2O2/c1-16(2,3)15(23)24-22-8-7-13(14(21)10-22)11-5-4-6-12(9-11)17(18,19)20/h4-6,9,13-14H,7-8,10,21H2,1-3H3. The fourth-order valence-electron chi connectivity index (χ4n) is 2.65. The first-order valence-corrected chi connectivity index (χ1v) is 7.88. The molecule has 1 aliphatic rings. The number of alkyl halides is 3. The van der Waals surface area contributed by atoms with Crippen molar-refractivity contribution in [3.8, 4) is 0 Å². The summed E-state index contributed by atoms with van der Waals surface area (Å²) in [6.45, 7) is 6.00. The molecule has 0 amide bonds. The third kappa shape index (κ3) is 4.48. The number of nitrogens with two attached hydrogens (primary N) is 1. The lowest BCUT2D eigenvalue weighted by molar-refractivity contribution is -0.205. The number of carbonyl (C=O) groups is 1. The van der Waals surface area contributed by atoms with Crippen molar-refractivity contribution in [2.24, 2.45) is 11.1 Å². The van der Waals surface area contributed by atoms with Crippen LogP contribution >= 0.6 is 0 Å². The van der Waals surface area contributed by atoms with Gasteiger partial charge in [-0.1, -0.05) is 18.2 Å². The second-order valence-electron chi connectivity index (χ2n) is 7.20. The highest BCUT2D eigenvalue weighted by Gasteiger charge is 2.35. The van der Waals surface area contributed by atoms with Crippen LogP contribution in [0.5, 0.6) is 0 Å². The van der Waals surface area contributed by atoms with E-state index in [-0.39, 0.29) is 11.9 Å². The van der Waals surface area contributed by atoms with E-state index in [0.29, 0.717) is 25.1 Å². The van der Waals surface area contributed by atoms with Crippen molar-refractivity contribution < 1.29 is 22.8 Å². The molecule has 2 atom stereocenters. The molecule has 0 bridgehead atoms. The molecule has 24 heavy (non-hydrogen) atoms. The summed E-state index contributed by atoms with van der Waals surface area (Å²) in [6, 6.07) is 4.86. The number of nitrogens with zero attached hydrogens (tertiary/aromatic N) is 1. The molecule has 1 aliphatic heterocycles. The average Bonchev–Trinajstić information content (AvgIpc) is 2.45. The molecule has 0 saturated carbocycles. The minimum Gasteiger partial charge on any atom is -0.367 e. The van der Waals surface area contributed by atoms with Gasteiger partial charge in [0.15, 0.2) is 0 Å². The van der Waals surface area contributed by atoms with Crippen LogP contribution in [-0.2, 0) is 15.8 Å². The van der Waals surface area contributed by atoms with Gasteiger partial charge in [0.2, 0.25) is 0 Å². The van der Waals surface area contributed by atoms with Gasteiger partial charge in [-0.05, 0) is 38.8 Å². The van der Waals surface area contributed by atoms with Gasteiger partial charge in [0.05, 0.1) is 17.5 Å². The van der Waals surface area contributed by atoms with Gasteiger partial charge < -0.3 is 10.6 Å². The van der Waals surface area contributed by atoms with Crippen molar-refractivity contribution in [2.75, 3.05) is 13.1 Å². The lowest BCUT2D eigenvalue weighted by Gasteiger charge is -2.36. The topological polar surface area (TPSA) is 55.6 Å². The van der Waals surface area contributed by atoms with Crippen LogP contribution in [0.25, 0.3) is 0 Å². The van der Waals surface area contributed by atoms with E-state index in [4.69, 9.17) is 10.6 Å². The molecule has 0 aromatic heterocycles. The maximum absolute atomic E-state index is 12.9. The van der Waals surface area contributed by atoms with E-state index in [2.05, 4.69) is 0 Å². The molecule has 0 radical (unpaired) electrons. The van der Waals surface area contributed by atoms with Crippen molar-refractivity contribution in [3.63, 3.8) is 0 Å². The minimum absolute atomic E-state index is 0.197. The first-order valence-electron chi connectivity index (χ1n) is 7.88. The molecule has 0 aliphatic carbocycles. The van der Waals surface area contributed by atoms with E-state index in [9.17, 15) is 18.0 Å². The van der Waals surface area contributed by atoms with E-state index >= 15 is 0 Å². The van der Waals surface area contributed by atoms with Crippen LogP contribution in [0.15, 0.2) is 24.3 Å². The molecule has 134 valence electrons. The number of hydrogen-bond acceptors (Lipinski definition) is 4. The van der Waals surface area contributed by atoms with Crippen LogP contribution in [0.1, 0.15) is 44.2 Å². The highest BCUT2D eigenvalue weighted by Crippen LogP contribution is 2.34. The Bertz CT molecular complexity index is 596. The fourth-order valence-corrected chi connectivity index (χ4v) is 2.65. The molecule has 2 N–H and O–H groups in total. The zero-order valence-corrected chi connectivity index (χ0v) is 14.1. The molecule has 1 aromatic carbocycles. The fraction of sp³-hybridized carbons (Fsp3) is 0.588. The molecule has 2 rings (SSSR count). The number of carbonyl (C=O) groups excluding carboxylic acids is 1. The van der Waals surface area contributed by atoms with Crippen molar-refractivity contribution >= 4 is 5.97 Å². The van der Waals surface area contributed by atoms with Gasteiger partial charge in [-0.15, -0.1) is 5.06 Å². The Balaban J connectivity index is 2.05. The Morgan fingerprint density at radius 3 is 2.50 bits per heavy atom. The quantitative estimate of drug-likeness (QED) is 0.894. The number of hydrogen-bond donors (Lipinski definition) is 1. The summed E-state index contributed by atoms with van der Waals surface area (Å²) in [5.41, 5.74) is 5.40. The Labute approximate surface area is 139 Å². The van der Waals surface area contributed by atoms with E-state index in [1.54, 1.807) is 26.8 Å². The van der Waals surface area contributed by atoms with Gasteiger partial charge in [-0.25, -0.2) is 4.79 Å². The number of rotatable bonds is 2. The van der Waals surface area contributed by atoms with Crippen LogP contribution in [0.3, 0.4) is 0 Å². The molecule has 7 heteroatoms. The Kier molecular flexibility index (Phi) is 5.25. The van der Waals surface area contributed by atoms with E-state index < -0.39 is 23.2 Å². The van der Waals surface area contributed by atoms with Crippen molar-refractivity contribution in [1.29, 1.82) is 0 Å². The average molecular weight is 344 g/mol. The summed E-state index contributed by atoms with van der Waals surface area (Å²) >= 11 is 0. The number of piperidine rings is 1. The van der Waals surface area contributed by atoms with Gasteiger partial charge in [0, 0.05) is 18.5 Å². The highest BCUT2D eigenvalue weighted by molar-refractivity contribution is 5.75. The van der Waals surface area contributed by atoms with Gasteiger partial charge >= 0.3 is 12.1 Å². The summed E-state index contributed by atoms with van der Waals surface area (Å²) in [5, 5.41) is 1.50. The maximum atomic E-state index is 12.9. The van der Waals surface area contributed by atoms with Crippen molar-refractivity contribution in [2.45, 2.75) is 45.3 Å². The highest BCUT2D eigenvalue weighted by atomic mass is 19.4. The summed E-state index contributed by atoms with van der Waals surface area (Å²) in [7, 11) is 0. The van der Waals surface area contributed by atoms with Gasteiger partial charge in [0.25, 0.3) is 0 Å². The molecule has 4 nitrogen and oxygen atoms in total. The number of halogens is 3. The Morgan fingerprint density at radius 1 is 1.29 bits per heavy atom. The zero-order chi connectivity index (χ0) is 18.1. The summed E-state index contributed by atoms with van der Waals surface area (Å²) < 4.78 is 38.6. The first kappa shape index (κ1) is 18.7. The monoisotopic (exact) mass is 344 g/mol. The van der Waals surface area contributed by atoms with Crippen molar-refractivity contribution in [3.05, 3.63) is 35.4 Å². The van der Waals surface area contributed by atoms with Crippen LogP contribution < -0.4 is 5.73 Å². The molecule has 2 unspecified atom stereocenters. The van der Waals surface area contributed by atoms with E-state index in [0.717, 1.165) is 12.1 Å². The second kappa shape index (κ2) is 6.72. The van der Waals surface area contributed by atoms with Crippen LogP contribution in [0.4, 0.5) is 13.2 Å². The third-order valence-electron chi connectivity index (χ3n) is 4.09. The lowest BCUT2D eigenvalue weighted by atomic mass is 9.85. The molecule has 0 spiro atoms. The second-order valence-corrected chi connectivity index (χ2v) is 7.20. The summed E-state index contributed by atoms with van der Waals surface area (Å²) in [4.78, 5) is 17.2. The van der Waals surface area contributed by atoms with Crippen LogP contribution in [0, 0.1) is 5.41 Å². The van der Waals surface area contributed by atoms with Crippen LogP contribution in [-0.4, -0.2) is 30.2 Å². The number of hydroxylamine groups is 2. The third-order valence-corrected chi connectivity index (χ3v) is 4.09. The van der Waals surface area contributed by atoms with Gasteiger partial charge in [-0.3, -0.25) is 0 Å². The molecular weight excluding hydrogens is 321 g/mol. The normalized spacial score (nSPS) is 23.1. The molecule has 1 heterocycles. The Hall–Kier alpha value is -1.60. The molecule has 1 fully saturated rings. The Morgan fingerprint density at radius 2 is 1.96 bits per heavy atom. The number of benzene rings is 1. The van der Waals surface area contributed by atoms with Crippen LogP contribution in [0.2, 0.25) is 0 Å².